The van der Waals surface area contributed by atoms with Gasteiger partial charge in [0.15, 0.2) is 11.5 Å². The molecular weight excluding hydrogens is 370 g/mol. The van der Waals surface area contributed by atoms with Gasteiger partial charge in [-0.1, -0.05) is 0 Å². The summed E-state index contributed by atoms with van der Waals surface area (Å²) in [5.41, 5.74) is 9.41. The highest BCUT2D eigenvalue weighted by atomic mass is 32.2. The Bertz CT molecular complexity index is 1200. The van der Waals surface area contributed by atoms with E-state index in [1.54, 1.807) is 12.1 Å². The number of anilines is 1. The number of fused-ring (bicyclic) bond motifs is 2. The Balaban J connectivity index is 1.98. The predicted molar refractivity (Wildman–Crippen MR) is 101 cm³/mol. The van der Waals surface area contributed by atoms with Crippen LogP contribution in [-0.2, 0) is 16.7 Å². The summed E-state index contributed by atoms with van der Waals surface area (Å²) in [6.07, 6.45) is 0.943. The van der Waals surface area contributed by atoms with Crippen LogP contribution < -0.4 is 20.0 Å². The van der Waals surface area contributed by atoms with E-state index in [1.807, 2.05) is 18.2 Å². The smallest absolute Gasteiger partial charge is 0.306 e. The van der Waals surface area contributed by atoms with Crippen molar-refractivity contribution in [3.63, 3.8) is 0 Å². The highest BCUT2D eigenvalue weighted by molar-refractivity contribution is 7.86. The van der Waals surface area contributed by atoms with Gasteiger partial charge >= 0.3 is 10.1 Å². The Kier molecular flexibility index (Phi) is 3.77. The number of H-pyrrole nitrogens is 1. The Morgan fingerprint density at radius 2 is 1.96 bits per heavy atom. The first-order chi connectivity index (χ1) is 12.8. The SMILES string of the molecule is COc1cc(-c2cc3cc(N)ccc3[nH]2)c2c(c1OS(C)(=O)=O)CNC2=O. The third-order valence-corrected chi connectivity index (χ3v) is 4.86. The molecule has 0 saturated heterocycles. The van der Waals surface area contributed by atoms with Crippen molar-refractivity contribution in [3.8, 4) is 22.8 Å². The third-order valence-electron chi connectivity index (χ3n) is 4.39. The lowest BCUT2D eigenvalue weighted by molar-refractivity contribution is 0.0966. The van der Waals surface area contributed by atoms with Crippen LogP contribution in [0, 0.1) is 0 Å². The van der Waals surface area contributed by atoms with E-state index in [-0.39, 0.29) is 24.0 Å². The molecule has 0 radical (unpaired) electrons. The molecule has 2 heterocycles. The first-order valence-corrected chi connectivity index (χ1v) is 9.88. The number of amides is 1. The van der Waals surface area contributed by atoms with Gasteiger partial charge in [-0.25, -0.2) is 0 Å². The molecule has 8 nitrogen and oxygen atoms in total. The van der Waals surface area contributed by atoms with Gasteiger partial charge in [-0.05, 0) is 30.3 Å². The molecule has 2 aromatic carbocycles. The van der Waals surface area contributed by atoms with Crippen molar-refractivity contribution in [1.82, 2.24) is 10.3 Å². The zero-order valence-electron chi connectivity index (χ0n) is 14.6. The lowest BCUT2D eigenvalue weighted by atomic mass is 9.98. The van der Waals surface area contributed by atoms with Crippen molar-refractivity contribution in [2.45, 2.75) is 6.54 Å². The molecule has 9 heteroatoms. The summed E-state index contributed by atoms with van der Waals surface area (Å²) in [7, 11) is -2.38. The summed E-state index contributed by atoms with van der Waals surface area (Å²) >= 11 is 0. The van der Waals surface area contributed by atoms with Crippen molar-refractivity contribution < 1.29 is 22.1 Å². The fourth-order valence-corrected chi connectivity index (χ4v) is 3.77. The quantitative estimate of drug-likeness (QED) is 0.465. The number of methoxy groups -OCH3 is 1. The predicted octanol–water partition coefficient (Wildman–Crippen LogP) is 2.01. The van der Waals surface area contributed by atoms with Crippen molar-refractivity contribution in [2.75, 3.05) is 19.1 Å². The van der Waals surface area contributed by atoms with Crippen LogP contribution in [-0.4, -0.2) is 32.7 Å². The number of benzene rings is 2. The van der Waals surface area contributed by atoms with Crippen LogP contribution in [0.15, 0.2) is 30.3 Å². The fourth-order valence-electron chi connectivity index (χ4n) is 3.28. The summed E-state index contributed by atoms with van der Waals surface area (Å²) in [5, 5.41) is 3.61. The second-order valence-corrected chi connectivity index (χ2v) is 7.88. The number of nitrogens with one attached hydrogen (secondary N) is 2. The largest absolute Gasteiger partial charge is 0.493 e. The maximum Gasteiger partial charge on any atom is 0.306 e. The van der Waals surface area contributed by atoms with Crippen LogP contribution in [0.5, 0.6) is 11.5 Å². The van der Waals surface area contributed by atoms with E-state index < -0.39 is 10.1 Å². The lowest BCUT2D eigenvalue weighted by Gasteiger charge is -2.15. The van der Waals surface area contributed by atoms with E-state index in [1.165, 1.54) is 7.11 Å². The molecule has 0 fully saturated rings. The van der Waals surface area contributed by atoms with Gasteiger partial charge in [-0.15, -0.1) is 0 Å². The third kappa shape index (κ3) is 2.95. The van der Waals surface area contributed by atoms with Gasteiger partial charge in [0, 0.05) is 40.0 Å². The second kappa shape index (κ2) is 5.92. The van der Waals surface area contributed by atoms with Gasteiger partial charge in [0.2, 0.25) is 0 Å². The van der Waals surface area contributed by atoms with Crippen LogP contribution in [0.3, 0.4) is 0 Å². The number of hydrogen-bond acceptors (Lipinski definition) is 6. The molecule has 1 aliphatic rings. The Morgan fingerprint density at radius 1 is 1.19 bits per heavy atom. The molecule has 3 aromatic rings. The van der Waals surface area contributed by atoms with Crippen molar-refractivity contribution in [3.05, 3.63) is 41.5 Å². The Morgan fingerprint density at radius 3 is 2.67 bits per heavy atom. The first-order valence-electron chi connectivity index (χ1n) is 8.07. The molecule has 0 aliphatic carbocycles. The van der Waals surface area contributed by atoms with Gasteiger partial charge < -0.3 is 25.0 Å². The molecule has 0 spiro atoms. The molecule has 4 rings (SSSR count). The summed E-state index contributed by atoms with van der Waals surface area (Å²) in [6, 6.07) is 8.94. The number of aromatic amines is 1. The van der Waals surface area contributed by atoms with E-state index in [0.29, 0.717) is 28.1 Å². The topological polar surface area (TPSA) is 124 Å². The van der Waals surface area contributed by atoms with Crippen LogP contribution >= 0.6 is 0 Å². The number of nitrogens with two attached hydrogens (primary N) is 1. The van der Waals surface area contributed by atoms with Gasteiger partial charge in [0.1, 0.15) is 0 Å². The summed E-state index contributed by atoms with van der Waals surface area (Å²) in [5.74, 6) is -0.0551. The monoisotopic (exact) mass is 387 g/mol. The number of hydrogen-bond donors (Lipinski definition) is 3. The van der Waals surface area contributed by atoms with Crippen molar-refractivity contribution >= 4 is 32.6 Å². The van der Waals surface area contributed by atoms with Gasteiger partial charge in [-0.3, -0.25) is 4.79 Å². The van der Waals surface area contributed by atoms with Crippen LogP contribution in [0.1, 0.15) is 15.9 Å². The average Bonchev–Trinajstić information content (AvgIpc) is 3.17. The first kappa shape index (κ1) is 17.2. The molecule has 1 amide bonds. The van der Waals surface area contributed by atoms with E-state index in [2.05, 4.69) is 10.3 Å². The standard InChI is InChI=1S/C18H17N3O5S/c1-25-15-7-11(14-6-9-5-10(19)3-4-13(9)21-14)16-12(8-20-18(16)22)17(15)26-27(2,23)24/h3-7,21H,8,19H2,1-2H3,(H,20,22). The zero-order chi connectivity index (χ0) is 19.3. The minimum Gasteiger partial charge on any atom is -0.493 e. The van der Waals surface area contributed by atoms with Gasteiger partial charge in [-0.2, -0.15) is 8.42 Å². The number of rotatable bonds is 4. The summed E-state index contributed by atoms with van der Waals surface area (Å²) in [6.45, 7) is 0.149. The van der Waals surface area contributed by atoms with E-state index in [9.17, 15) is 13.2 Å². The van der Waals surface area contributed by atoms with E-state index in [0.717, 1.165) is 17.2 Å². The number of ether oxygens (including phenoxy) is 1. The van der Waals surface area contributed by atoms with E-state index >= 15 is 0 Å². The molecule has 0 saturated carbocycles. The van der Waals surface area contributed by atoms with Crippen molar-refractivity contribution in [1.29, 1.82) is 0 Å². The lowest BCUT2D eigenvalue weighted by Crippen LogP contribution is -2.13. The average molecular weight is 387 g/mol. The van der Waals surface area contributed by atoms with Gasteiger partial charge in [0.05, 0.1) is 18.9 Å². The molecule has 1 aliphatic heterocycles. The highest BCUT2D eigenvalue weighted by Gasteiger charge is 2.31. The number of aromatic nitrogens is 1. The normalized spacial score (nSPS) is 13.5. The summed E-state index contributed by atoms with van der Waals surface area (Å²) in [4.78, 5) is 15.7. The number of carbonyl (C=O) groups is 1. The molecule has 27 heavy (non-hydrogen) atoms. The maximum absolute atomic E-state index is 12.5. The maximum atomic E-state index is 12.5. The zero-order valence-corrected chi connectivity index (χ0v) is 15.4. The minimum atomic E-state index is -3.79. The van der Waals surface area contributed by atoms with Gasteiger partial charge in [0.25, 0.3) is 5.91 Å². The van der Waals surface area contributed by atoms with Crippen LogP contribution in [0.25, 0.3) is 22.2 Å². The number of nitrogen functional groups attached to an aromatic ring is 1. The minimum absolute atomic E-state index is 0.0254. The molecule has 4 N–H and O–H groups in total. The Hall–Kier alpha value is -3.20. The van der Waals surface area contributed by atoms with Crippen molar-refractivity contribution in [2.24, 2.45) is 0 Å². The van der Waals surface area contributed by atoms with E-state index in [4.69, 9.17) is 14.7 Å². The van der Waals surface area contributed by atoms with Crippen LogP contribution in [0.4, 0.5) is 5.69 Å². The Labute approximate surface area is 155 Å². The molecule has 0 atom stereocenters. The molecule has 1 aromatic heterocycles. The molecular formula is C18H17N3O5S. The highest BCUT2D eigenvalue weighted by Crippen LogP contribution is 2.43. The fraction of sp³-hybridized carbons (Fsp3) is 0.167. The van der Waals surface area contributed by atoms with Crippen LogP contribution in [0.2, 0.25) is 0 Å². The molecule has 140 valence electrons. The second-order valence-electron chi connectivity index (χ2n) is 6.31. The summed E-state index contributed by atoms with van der Waals surface area (Å²) < 4.78 is 33.8. The molecule has 0 bridgehead atoms. The number of carbonyl (C=O) groups excluding carboxylic acids is 1. The molecule has 0 unspecified atom stereocenters.